The van der Waals surface area contributed by atoms with Crippen LogP contribution in [0.3, 0.4) is 0 Å². The average Bonchev–Trinajstić information content (AvgIpc) is 2.14. The third kappa shape index (κ3) is 7.28. The van der Waals surface area contributed by atoms with Gasteiger partial charge in [0.05, 0.1) is 6.10 Å². The molecule has 0 aromatic carbocycles. The summed E-state index contributed by atoms with van der Waals surface area (Å²) in [4.78, 5) is 0. The molecule has 0 aromatic rings. The summed E-state index contributed by atoms with van der Waals surface area (Å²) >= 11 is 0. The first-order valence-corrected chi connectivity index (χ1v) is 6.96. The summed E-state index contributed by atoms with van der Waals surface area (Å²) < 4.78 is 16.9. The van der Waals surface area contributed by atoms with E-state index in [0.717, 1.165) is 38.3 Å². The lowest BCUT2D eigenvalue weighted by Crippen LogP contribution is -2.07. The minimum atomic E-state index is -1.74. The van der Waals surface area contributed by atoms with Gasteiger partial charge in [-0.05, 0) is 19.3 Å². The lowest BCUT2D eigenvalue weighted by atomic mass is 10.2. The molecule has 0 radical (unpaired) electrons. The molecule has 0 saturated carbocycles. The Kier molecular flexibility index (Phi) is 8.90. The van der Waals surface area contributed by atoms with Gasteiger partial charge in [-0.25, -0.2) is 0 Å². The highest BCUT2D eigenvalue weighted by Gasteiger charge is 2.08. The largest absolute Gasteiger partial charge is 0.327 e. The Bertz CT molecular complexity index is 137. The van der Waals surface area contributed by atoms with E-state index >= 15 is 0 Å². The number of hydrogen-bond acceptors (Lipinski definition) is 2. The first-order chi connectivity index (χ1) is 6.24. The Labute approximate surface area is 82.9 Å². The fraction of sp³-hybridized carbons (Fsp3) is 1.00. The summed E-state index contributed by atoms with van der Waals surface area (Å²) in [5.74, 6) is 0. The molecule has 0 amide bonds. The van der Waals surface area contributed by atoms with E-state index in [0.29, 0.717) is 0 Å². The van der Waals surface area contributed by atoms with Crippen LogP contribution in [0.25, 0.3) is 0 Å². The van der Waals surface area contributed by atoms with Crippen LogP contribution in [0.15, 0.2) is 0 Å². The number of unbranched alkanes of at least 4 members (excludes halogenated alkanes) is 1. The fourth-order valence-electron chi connectivity index (χ4n) is 1.23. The standard InChI is InChI=1S/C10H23O2P/c1-4-7-9-13(11)12-10(6-3)8-5-2/h10,13H,4-9H2,1-3H3. The van der Waals surface area contributed by atoms with Crippen molar-refractivity contribution in [3.8, 4) is 0 Å². The van der Waals surface area contributed by atoms with Gasteiger partial charge in [-0.2, -0.15) is 0 Å². The highest BCUT2D eigenvalue weighted by atomic mass is 31.1. The second-order valence-electron chi connectivity index (χ2n) is 3.41. The van der Waals surface area contributed by atoms with Crippen molar-refractivity contribution in [1.82, 2.24) is 0 Å². The summed E-state index contributed by atoms with van der Waals surface area (Å²) in [5.41, 5.74) is 0. The molecular formula is C10H23O2P. The Morgan fingerprint density at radius 1 is 1.23 bits per heavy atom. The quantitative estimate of drug-likeness (QED) is 0.564. The first kappa shape index (κ1) is 13.2. The van der Waals surface area contributed by atoms with Crippen molar-refractivity contribution in [1.29, 1.82) is 0 Å². The topological polar surface area (TPSA) is 26.3 Å². The minimum Gasteiger partial charge on any atom is -0.327 e. The molecule has 2 nitrogen and oxygen atoms in total. The van der Waals surface area contributed by atoms with Crippen molar-refractivity contribution in [3.63, 3.8) is 0 Å². The summed E-state index contributed by atoms with van der Waals surface area (Å²) in [6, 6.07) is 0. The molecular weight excluding hydrogens is 183 g/mol. The predicted octanol–water partition coefficient (Wildman–Crippen LogP) is 3.86. The minimum absolute atomic E-state index is 0.230. The maximum absolute atomic E-state index is 11.4. The lowest BCUT2D eigenvalue weighted by molar-refractivity contribution is 0.198. The van der Waals surface area contributed by atoms with Crippen LogP contribution in [-0.2, 0) is 9.09 Å². The molecule has 0 bridgehead atoms. The second kappa shape index (κ2) is 8.77. The lowest BCUT2D eigenvalue weighted by Gasteiger charge is -2.14. The van der Waals surface area contributed by atoms with Crippen LogP contribution in [-0.4, -0.2) is 12.3 Å². The summed E-state index contributed by atoms with van der Waals surface area (Å²) in [7, 11) is -1.74. The van der Waals surface area contributed by atoms with Gasteiger partial charge in [-0.15, -0.1) is 0 Å². The zero-order valence-electron chi connectivity index (χ0n) is 9.14. The molecule has 2 unspecified atom stereocenters. The van der Waals surface area contributed by atoms with Crippen LogP contribution in [0.2, 0.25) is 0 Å². The van der Waals surface area contributed by atoms with Crippen LogP contribution in [0.4, 0.5) is 0 Å². The fourth-order valence-corrected chi connectivity index (χ4v) is 2.65. The van der Waals surface area contributed by atoms with Gasteiger partial charge in [0.25, 0.3) is 0 Å². The van der Waals surface area contributed by atoms with Gasteiger partial charge < -0.3 is 4.52 Å². The molecule has 0 aliphatic carbocycles. The van der Waals surface area contributed by atoms with E-state index in [1.54, 1.807) is 0 Å². The highest BCUT2D eigenvalue weighted by molar-refractivity contribution is 7.39. The summed E-state index contributed by atoms with van der Waals surface area (Å²) in [5, 5.41) is 0. The van der Waals surface area contributed by atoms with E-state index < -0.39 is 8.03 Å². The third-order valence-electron chi connectivity index (χ3n) is 2.10. The molecule has 0 fully saturated rings. The van der Waals surface area contributed by atoms with Crippen molar-refractivity contribution in [2.75, 3.05) is 6.16 Å². The number of hydrogen-bond donors (Lipinski definition) is 0. The van der Waals surface area contributed by atoms with Crippen LogP contribution in [0.5, 0.6) is 0 Å². The van der Waals surface area contributed by atoms with Gasteiger partial charge in [0.15, 0.2) is 8.03 Å². The van der Waals surface area contributed by atoms with Gasteiger partial charge >= 0.3 is 0 Å². The van der Waals surface area contributed by atoms with Crippen molar-refractivity contribution in [2.45, 2.75) is 59.0 Å². The molecule has 0 aromatic heterocycles. The van der Waals surface area contributed by atoms with Crippen molar-refractivity contribution < 1.29 is 9.09 Å². The zero-order valence-corrected chi connectivity index (χ0v) is 10.1. The van der Waals surface area contributed by atoms with Crippen LogP contribution in [0, 0.1) is 0 Å². The molecule has 3 heteroatoms. The van der Waals surface area contributed by atoms with Crippen molar-refractivity contribution >= 4 is 8.03 Å². The van der Waals surface area contributed by atoms with Gasteiger partial charge in [0.1, 0.15) is 0 Å². The van der Waals surface area contributed by atoms with Crippen molar-refractivity contribution in [3.05, 3.63) is 0 Å². The monoisotopic (exact) mass is 206 g/mol. The van der Waals surface area contributed by atoms with Gasteiger partial charge in [0.2, 0.25) is 0 Å². The van der Waals surface area contributed by atoms with Crippen LogP contribution < -0.4 is 0 Å². The molecule has 0 N–H and O–H groups in total. The first-order valence-electron chi connectivity index (χ1n) is 5.44. The molecule has 2 atom stereocenters. The van der Waals surface area contributed by atoms with E-state index in [1.807, 2.05) is 0 Å². The smallest absolute Gasteiger partial charge is 0.191 e. The molecule has 0 saturated heterocycles. The number of rotatable bonds is 8. The van der Waals surface area contributed by atoms with E-state index in [4.69, 9.17) is 4.52 Å². The maximum atomic E-state index is 11.4. The SMILES string of the molecule is CCCC[PH](=O)OC(CC)CCC. The van der Waals surface area contributed by atoms with E-state index in [2.05, 4.69) is 20.8 Å². The molecule has 13 heavy (non-hydrogen) atoms. The summed E-state index contributed by atoms with van der Waals surface area (Å²) in [6.07, 6.45) is 6.26. The Morgan fingerprint density at radius 3 is 2.38 bits per heavy atom. The Morgan fingerprint density at radius 2 is 1.92 bits per heavy atom. The average molecular weight is 206 g/mol. The molecule has 0 rings (SSSR count). The third-order valence-corrected chi connectivity index (χ3v) is 3.46. The molecule has 0 spiro atoms. The van der Waals surface area contributed by atoms with E-state index in [-0.39, 0.29) is 6.10 Å². The van der Waals surface area contributed by atoms with Crippen LogP contribution in [0.1, 0.15) is 52.9 Å². The summed E-state index contributed by atoms with van der Waals surface area (Å²) in [6.45, 7) is 6.34. The zero-order chi connectivity index (χ0) is 10.1. The maximum Gasteiger partial charge on any atom is 0.191 e. The Hall–Kier alpha value is 0.190. The molecule has 0 aliphatic heterocycles. The van der Waals surface area contributed by atoms with E-state index in [1.165, 1.54) is 0 Å². The highest BCUT2D eigenvalue weighted by Crippen LogP contribution is 2.28. The van der Waals surface area contributed by atoms with Crippen molar-refractivity contribution in [2.24, 2.45) is 0 Å². The van der Waals surface area contributed by atoms with Gasteiger partial charge in [0, 0.05) is 6.16 Å². The van der Waals surface area contributed by atoms with E-state index in [9.17, 15) is 4.57 Å². The molecule has 0 heterocycles. The predicted molar refractivity (Wildman–Crippen MR) is 58.8 cm³/mol. The second-order valence-corrected chi connectivity index (χ2v) is 4.89. The molecule has 0 aliphatic rings. The normalized spacial score (nSPS) is 15.6. The van der Waals surface area contributed by atoms with Gasteiger partial charge in [-0.1, -0.05) is 33.6 Å². The van der Waals surface area contributed by atoms with Gasteiger partial charge in [-0.3, -0.25) is 4.57 Å². The molecule has 80 valence electrons. The van der Waals surface area contributed by atoms with Crippen LogP contribution >= 0.6 is 8.03 Å². The Balaban J connectivity index is 3.60.